The number of nitrogens with zero attached hydrogens (tertiary/aromatic N) is 2. The Hall–Kier alpha value is -4.10. The third-order valence-electron chi connectivity index (χ3n) is 5.49. The lowest BCUT2D eigenvalue weighted by Gasteiger charge is -2.25. The first-order chi connectivity index (χ1) is 16.0. The molecule has 2 aromatic carbocycles. The predicted molar refractivity (Wildman–Crippen MR) is 123 cm³/mol. The molecule has 1 aliphatic rings. The Morgan fingerprint density at radius 3 is 2.61 bits per heavy atom. The lowest BCUT2D eigenvalue weighted by atomic mass is 9.95. The van der Waals surface area contributed by atoms with E-state index in [1.807, 2.05) is 0 Å². The Morgan fingerprint density at radius 2 is 1.91 bits per heavy atom. The summed E-state index contributed by atoms with van der Waals surface area (Å²) in [6.45, 7) is 0. The van der Waals surface area contributed by atoms with Crippen molar-refractivity contribution in [3.05, 3.63) is 101 Å². The number of hydrogen-bond acceptors (Lipinski definition) is 6. The quantitative estimate of drug-likeness (QED) is 0.408. The number of carbonyl (C=O) groups excluding carboxylic acids is 2. The van der Waals surface area contributed by atoms with Crippen LogP contribution in [-0.4, -0.2) is 28.9 Å². The fraction of sp³-hybridized carbons (Fsp3) is 0.0800. The number of carbonyl (C=O) groups is 2. The Morgan fingerprint density at radius 1 is 1.12 bits per heavy atom. The van der Waals surface area contributed by atoms with Gasteiger partial charge in [-0.25, -0.2) is 4.98 Å². The van der Waals surface area contributed by atoms with Gasteiger partial charge in [-0.3, -0.25) is 14.5 Å². The predicted octanol–water partition coefficient (Wildman–Crippen LogP) is 5.27. The van der Waals surface area contributed by atoms with Gasteiger partial charge in [-0.1, -0.05) is 41.9 Å². The van der Waals surface area contributed by atoms with Crippen LogP contribution in [0.3, 0.4) is 0 Å². The number of benzene rings is 2. The monoisotopic (exact) mass is 460 g/mol. The van der Waals surface area contributed by atoms with Gasteiger partial charge in [0.25, 0.3) is 5.91 Å². The van der Waals surface area contributed by atoms with Crippen LogP contribution in [0.5, 0.6) is 5.75 Å². The summed E-state index contributed by atoms with van der Waals surface area (Å²) in [6, 6.07) is 17.7. The number of rotatable bonds is 5. The van der Waals surface area contributed by atoms with Crippen molar-refractivity contribution >= 4 is 40.1 Å². The molecule has 0 radical (unpaired) electrons. The molecule has 2 aromatic heterocycles. The number of hydrogen-bond donors (Lipinski definition) is 1. The summed E-state index contributed by atoms with van der Waals surface area (Å²) in [7, 11) is 1.50. The molecule has 0 fully saturated rings. The second-order valence-corrected chi connectivity index (χ2v) is 7.83. The van der Waals surface area contributed by atoms with Crippen molar-refractivity contribution in [2.75, 3.05) is 12.0 Å². The second-order valence-electron chi connectivity index (χ2n) is 7.40. The van der Waals surface area contributed by atoms with Gasteiger partial charge in [0.15, 0.2) is 22.9 Å². The van der Waals surface area contributed by atoms with Crippen molar-refractivity contribution in [3.8, 4) is 5.75 Å². The molecule has 3 heterocycles. The molecule has 0 saturated heterocycles. The van der Waals surface area contributed by atoms with E-state index in [0.717, 1.165) is 0 Å². The van der Waals surface area contributed by atoms with E-state index in [1.54, 1.807) is 66.7 Å². The zero-order valence-electron chi connectivity index (χ0n) is 17.4. The molecule has 5 rings (SSSR count). The van der Waals surface area contributed by atoms with Crippen molar-refractivity contribution < 1.29 is 23.8 Å². The van der Waals surface area contributed by atoms with Gasteiger partial charge in [-0.2, -0.15) is 0 Å². The summed E-state index contributed by atoms with van der Waals surface area (Å²) in [5.74, 6) is -1.26. The van der Waals surface area contributed by atoms with Gasteiger partial charge in [0.2, 0.25) is 5.78 Å². The third kappa shape index (κ3) is 3.43. The maximum absolute atomic E-state index is 13.6. The van der Waals surface area contributed by atoms with Gasteiger partial charge in [0.05, 0.1) is 18.7 Å². The third-order valence-corrected chi connectivity index (χ3v) is 5.74. The van der Waals surface area contributed by atoms with Crippen LogP contribution in [0.15, 0.2) is 88.7 Å². The highest BCUT2D eigenvalue weighted by Crippen LogP contribution is 2.42. The van der Waals surface area contributed by atoms with Crippen molar-refractivity contribution in [1.29, 1.82) is 0 Å². The first-order valence-electron chi connectivity index (χ1n) is 10.0. The number of ketones is 1. The number of furan rings is 1. The van der Waals surface area contributed by atoms with E-state index in [0.29, 0.717) is 33.1 Å². The van der Waals surface area contributed by atoms with E-state index in [-0.39, 0.29) is 11.3 Å². The molecule has 1 N–H and O–H groups in total. The summed E-state index contributed by atoms with van der Waals surface area (Å²) in [5.41, 5.74) is 0.878. The summed E-state index contributed by atoms with van der Waals surface area (Å²) in [4.78, 5) is 32.3. The van der Waals surface area contributed by atoms with E-state index < -0.39 is 23.5 Å². The molecular weight excluding hydrogens is 444 g/mol. The number of aliphatic hydroxyl groups is 1. The van der Waals surface area contributed by atoms with Crippen LogP contribution < -0.4 is 9.64 Å². The summed E-state index contributed by atoms with van der Waals surface area (Å²) in [6.07, 6.45) is 1.53. The molecule has 33 heavy (non-hydrogen) atoms. The number of Topliss-reactive ketones (excluding diaryl/α,β-unsaturated/α-hetero) is 1. The second kappa shape index (κ2) is 8.11. The van der Waals surface area contributed by atoms with Crippen LogP contribution in [0.25, 0.3) is 11.0 Å². The number of amides is 1. The molecule has 0 spiro atoms. The standard InChI is InChI=1S/C25H17ClN2O5/c1-32-17-6-4-5-15-13-18(33-24(15)17)22(29)20-21(14-8-10-16(26)11-9-14)28(25(31)23(20)30)19-7-2-3-12-27-19/h2-13,21,30H,1H3. The number of methoxy groups -OCH3 is 1. The highest BCUT2D eigenvalue weighted by atomic mass is 35.5. The van der Waals surface area contributed by atoms with Gasteiger partial charge >= 0.3 is 0 Å². The number of halogens is 1. The van der Waals surface area contributed by atoms with Crippen molar-refractivity contribution in [2.24, 2.45) is 0 Å². The van der Waals surface area contributed by atoms with Crippen LogP contribution in [0.4, 0.5) is 5.82 Å². The van der Waals surface area contributed by atoms with Gasteiger partial charge in [0.1, 0.15) is 5.82 Å². The summed E-state index contributed by atoms with van der Waals surface area (Å²) >= 11 is 6.05. The number of para-hydroxylation sites is 1. The first-order valence-corrected chi connectivity index (χ1v) is 10.4. The summed E-state index contributed by atoms with van der Waals surface area (Å²) in [5, 5.41) is 12.0. The first kappa shape index (κ1) is 20.8. The molecule has 1 aliphatic heterocycles. The van der Waals surface area contributed by atoms with E-state index in [1.165, 1.54) is 18.2 Å². The highest BCUT2D eigenvalue weighted by Gasteiger charge is 2.46. The Labute approximate surface area is 193 Å². The van der Waals surface area contributed by atoms with Crippen LogP contribution in [0.1, 0.15) is 22.2 Å². The molecule has 1 amide bonds. The molecule has 8 heteroatoms. The molecule has 164 valence electrons. The van der Waals surface area contributed by atoms with E-state index in [4.69, 9.17) is 20.8 Å². The Bertz CT molecular complexity index is 1410. The molecule has 4 aromatic rings. The van der Waals surface area contributed by atoms with Crippen LogP contribution in [-0.2, 0) is 4.79 Å². The topological polar surface area (TPSA) is 92.9 Å². The molecule has 0 aliphatic carbocycles. The molecule has 0 bridgehead atoms. The maximum atomic E-state index is 13.6. The fourth-order valence-electron chi connectivity index (χ4n) is 3.97. The zero-order chi connectivity index (χ0) is 23.1. The molecule has 1 atom stereocenters. The molecular formula is C25H17ClN2O5. The Balaban J connectivity index is 1.66. The molecule has 1 unspecified atom stereocenters. The minimum absolute atomic E-state index is 0.0225. The molecule has 7 nitrogen and oxygen atoms in total. The highest BCUT2D eigenvalue weighted by molar-refractivity contribution is 6.30. The number of anilines is 1. The number of aliphatic hydroxyl groups excluding tert-OH is 1. The normalized spacial score (nSPS) is 16.0. The zero-order valence-corrected chi connectivity index (χ0v) is 18.1. The average Bonchev–Trinajstić information content (AvgIpc) is 3.39. The van der Waals surface area contributed by atoms with Gasteiger partial charge in [0, 0.05) is 16.6 Å². The fourth-order valence-corrected chi connectivity index (χ4v) is 4.10. The Kier molecular flexibility index (Phi) is 5.11. The van der Waals surface area contributed by atoms with Gasteiger partial charge in [-0.05, 0) is 42.0 Å². The van der Waals surface area contributed by atoms with Crippen LogP contribution in [0, 0.1) is 0 Å². The van der Waals surface area contributed by atoms with Crippen LogP contribution in [0.2, 0.25) is 5.02 Å². The van der Waals surface area contributed by atoms with E-state index in [2.05, 4.69) is 4.98 Å². The minimum atomic E-state index is -0.924. The van der Waals surface area contributed by atoms with Crippen molar-refractivity contribution in [2.45, 2.75) is 6.04 Å². The van der Waals surface area contributed by atoms with Gasteiger partial charge < -0.3 is 14.3 Å². The largest absolute Gasteiger partial charge is 0.503 e. The maximum Gasteiger partial charge on any atom is 0.295 e. The smallest absolute Gasteiger partial charge is 0.295 e. The summed E-state index contributed by atoms with van der Waals surface area (Å²) < 4.78 is 11.1. The SMILES string of the molecule is COc1cccc2cc(C(=O)C3=C(O)C(=O)N(c4ccccn4)C3c3ccc(Cl)cc3)oc12. The lowest BCUT2D eigenvalue weighted by Crippen LogP contribution is -2.31. The minimum Gasteiger partial charge on any atom is -0.503 e. The molecule has 0 saturated carbocycles. The van der Waals surface area contributed by atoms with E-state index in [9.17, 15) is 14.7 Å². The van der Waals surface area contributed by atoms with E-state index >= 15 is 0 Å². The van der Waals surface area contributed by atoms with Gasteiger partial charge in [-0.15, -0.1) is 0 Å². The number of pyridine rings is 1. The van der Waals surface area contributed by atoms with Crippen molar-refractivity contribution in [1.82, 2.24) is 4.98 Å². The number of fused-ring (bicyclic) bond motifs is 1. The number of ether oxygens (including phenoxy) is 1. The lowest BCUT2D eigenvalue weighted by molar-refractivity contribution is -0.117. The van der Waals surface area contributed by atoms with Crippen LogP contribution >= 0.6 is 11.6 Å². The average molecular weight is 461 g/mol. The number of aromatic nitrogens is 1. The van der Waals surface area contributed by atoms with Crippen molar-refractivity contribution in [3.63, 3.8) is 0 Å².